The van der Waals surface area contributed by atoms with E-state index in [1.807, 2.05) is 20.8 Å². The van der Waals surface area contributed by atoms with Gasteiger partial charge in [-0.25, -0.2) is 4.98 Å². The summed E-state index contributed by atoms with van der Waals surface area (Å²) >= 11 is 0. The van der Waals surface area contributed by atoms with Crippen LogP contribution in [0.3, 0.4) is 0 Å². The zero-order valence-corrected chi connectivity index (χ0v) is 15.2. The molecule has 0 aliphatic heterocycles. The van der Waals surface area contributed by atoms with E-state index in [9.17, 15) is 9.59 Å². The van der Waals surface area contributed by atoms with Gasteiger partial charge in [-0.1, -0.05) is 26.8 Å². The molecule has 0 saturated heterocycles. The number of nitrogens with one attached hydrogen (secondary N) is 1. The minimum absolute atomic E-state index is 0.0786. The van der Waals surface area contributed by atoms with Gasteiger partial charge in [0.1, 0.15) is 18.1 Å². The summed E-state index contributed by atoms with van der Waals surface area (Å²) in [6, 6.07) is 10.2. The molecule has 7 heteroatoms. The van der Waals surface area contributed by atoms with E-state index in [-0.39, 0.29) is 18.1 Å². The van der Waals surface area contributed by atoms with E-state index in [0.717, 1.165) is 4.57 Å². The van der Waals surface area contributed by atoms with Crippen LogP contribution in [0.1, 0.15) is 32.2 Å². The highest BCUT2D eigenvalue weighted by molar-refractivity contribution is 5.94. The van der Waals surface area contributed by atoms with E-state index in [1.165, 1.54) is 6.07 Å². The van der Waals surface area contributed by atoms with Gasteiger partial charge >= 0.3 is 0 Å². The number of hydrogen-bond acceptors (Lipinski definition) is 5. The number of rotatable bonds is 4. The number of fused-ring (bicyclic) bond motifs is 1. The molecule has 136 valence electrons. The van der Waals surface area contributed by atoms with Crippen LogP contribution in [-0.2, 0) is 11.4 Å². The van der Waals surface area contributed by atoms with Crippen molar-refractivity contribution in [2.24, 2.45) is 5.41 Å². The highest BCUT2D eigenvalue weighted by Crippen LogP contribution is 2.21. The number of carbonyl (C=O) groups excluding carboxylic acids is 1. The van der Waals surface area contributed by atoms with Gasteiger partial charge < -0.3 is 14.6 Å². The minimum Gasteiger partial charge on any atom is -0.487 e. The maximum Gasteiger partial charge on any atom is 0.287 e. The molecule has 1 N–H and O–H groups in total. The highest BCUT2D eigenvalue weighted by atomic mass is 16.5. The third-order valence-corrected chi connectivity index (χ3v) is 3.68. The van der Waals surface area contributed by atoms with Crippen molar-refractivity contribution in [2.75, 3.05) is 5.32 Å². The summed E-state index contributed by atoms with van der Waals surface area (Å²) in [5.41, 5.74) is 0.810. The normalized spacial score (nSPS) is 11.5. The van der Waals surface area contributed by atoms with Crippen LogP contribution >= 0.6 is 0 Å². The van der Waals surface area contributed by atoms with Gasteiger partial charge in [0.25, 0.3) is 5.56 Å². The van der Waals surface area contributed by atoms with Gasteiger partial charge in [-0.15, -0.1) is 4.57 Å². The SMILES string of the molecule is Cc1cc2nc(COc3cccc(NC(=O)C(C)(C)C)c3)cc(=O)n2o1. The number of ether oxygens (including phenoxy) is 1. The van der Waals surface area contributed by atoms with Crippen molar-refractivity contribution in [1.82, 2.24) is 9.56 Å². The number of amides is 1. The Morgan fingerprint density at radius 3 is 2.77 bits per heavy atom. The Bertz CT molecular complexity index is 1010. The van der Waals surface area contributed by atoms with Gasteiger partial charge in [0.2, 0.25) is 5.91 Å². The molecule has 0 unspecified atom stereocenters. The minimum atomic E-state index is -0.485. The molecular formula is C19H21N3O4. The summed E-state index contributed by atoms with van der Waals surface area (Å²) in [7, 11) is 0. The van der Waals surface area contributed by atoms with Crippen LogP contribution in [0.25, 0.3) is 5.65 Å². The first-order valence-corrected chi connectivity index (χ1v) is 8.26. The predicted molar refractivity (Wildman–Crippen MR) is 97.3 cm³/mol. The number of hydrogen-bond donors (Lipinski definition) is 1. The van der Waals surface area contributed by atoms with Crippen LogP contribution in [0.4, 0.5) is 5.69 Å². The number of nitrogens with zero attached hydrogens (tertiary/aromatic N) is 2. The van der Waals surface area contributed by atoms with Crippen molar-refractivity contribution in [3.05, 3.63) is 58.2 Å². The third-order valence-electron chi connectivity index (χ3n) is 3.68. The molecule has 0 aliphatic carbocycles. The van der Waals surface area contributed by atoms with Gasteiger partial charge in [0.05, 0.1) is 5.69 Å². The first-order valence-electron chi connectivity index (χ1n) is 8.26. The second-order valence-corrected chi connectivity index (χ2v) is 7.11. The predicted octanol–water partition coefficient (Wildman–Crippen LogP) is 3.16. The fourth-order valence-corrected chi connectivity index (χ4v) is 2.29. The van der Waals surface area contributed by atoms with Crippen molar-refractivity contribution in [2.45, 2.75) is 34.3 Å². The lowest BCUT2D eigenvalue weighted by atomic mass is 9.95. The molecule has 2 aromatic heterocycles. The molecule has 0 spiro atoms. The molecule has 0 atom stereocenters. The molecule has 0 bridgehead atoms. The molecule has 3 aromatic rings. The standard InChI is InChI=1S/C19H21N3O4/c1-12-8-16-20-14(10-17(23)22(16)26-12)11-25-15-7-5-6-13(9-15)21-18(24)19(2,3)4/h5-10H,11H2,1-4H3,(H,21,24). The first-order chi connectivity index (χ1) is 12.2. The van der Waals surface area contributed by atoms with Crippen LogP contribution < -0.4 is 15.6 Å². The van der Waals surface area contributed by atoms with Crippen LogP contribution in [-0.4, -0.2) is 15.5 Å². The quantitative estimate of drug-likeness (QED) is 0.777. The Morgan fingerprint density at radius 1 is 1.27 bits per heavy atom. The fourth-order valence-electron chi connectivity index (χ4n) is 2.29. The molecule has 3 rings (SSSR count). The van der Waals surface area contributed by atoms with Crippen molar-refractivity contribution in [3.63, 3.8) is 0 Å². The summed E-state index contributed by atoms with van der Waals surface area (Å²) in [6.07, 6.45) is 0. The lowest BCUT2D eigenvalue weighted by molar-refractivity contribution is -0.123. The lowest BCUT2D eigenvalue weighted by Crippen LogP contribution is -2.27. The van der Waals surface area contributed by atoms with E-state index in [1.54, 1.807) is 37.3 Å². The highest BCUT2D eigenvalue weighted by Gasteiger charge is 2.21. The second-order valence-electron chi connectivity index (χ2n) is 7.11. The largest absolute Gasteiger partial charge is 0.487 e. The van der Waals surface area contributed by atoms with E-state index < -0.39 is 5.41 Å². The molecule has 0 aliphatic rings. The van der Waals surface area contributed by atoms with Gasteiger partial charge in [-0.3, -0.25) is 9.59 Å². The van der Waals surface area contributed by atoms with E-state index in [0.29, 0.717) is 28.5 Å². The van der Waals surface area contributed by atoms with Crippen molar-refractivity contribution < 1.29 is 14.1 Å². The number of aryl methyl sites for hydroxylation is 1. The van der Waals surface area contributed by atoms with Crippen molar-refractivity contribution in [1.29, 1.82) is 0 Å². The molecule has 0 fully saturated rings. The van der Waals surface area contributed by atoms with E-state index in [4.69, 9.17) is 9.26 Å². The average molecular weight is 355 g/mol. The smallest absolute Gasteiger partial charge is 0.287 e. The topological polar surface area (TPSA) is 85.8 Å². The maximum atomic E-state index is 12.1. The third kappa shape index (κ3) is 3.93. The summed E-state index contributed by atoms with van der Waals surface area (Å²) < 4.78 is 12.1. The molecule has 0 saturated carbocycles. The Balaban J connectivity index is 1.73. The fraction of sp³-hybridized carbons (Fsp3) is 0.316. The number of benzene rings is 1. The number of carbonyl (C=O) groups is 1. The van der Waals surface area contributed by atoms with Crippen LogP contribution in [0.15, 0.2) is 45.7 Å². The Kier molecular flexibility index (Phi) is 4.54. The molecule has 2 heterocycles. The molecular weight excluding hydrogens is 334 g/mol. The van der Waals surface area contributed by atoms with Crippen molar-refractivity contribution >= 4 is 17.2 Å². The Labute approximate surface area is 150 Å². The van der Waals surface area contributed by atoms with Gasteiger partial charge in [-0.05, 0) is 19.1 Å². The second kappa shape index (κ2) is 6.67. The average Bonchev–Trinajstić information content (AvgIpc) is 2.93. The molecule has 1 amide bonds. The number of anilines is 1. The van der Waals surface area contributed by atoms with Gasteiger partial charge in [0.15, 0.2) is 5.65 Å². The van der Waals surface area contributed by atoms with E-state index >= 15 is 0 Å². The van der Waals surface area contributed by atoms with Crippen LogP contribution in [0.5, 0.6) is 5.75 Å². The van der Waals surface area contributed by atoms with Crippen LogP contribution in [0, 0.1) is 12.3 Å². The van der Waals surface area contributed by atoms with E-state index in [2.05, 4.69) is 10.3 Å². The molecule has 26 heavy (non-hydrogen) atoms. The Hall–Kier alpha value is -3.09. The summed E-state index contributed by atoms with van der Waals surface area (Å²) in [6.45, 7) is 7.43. The summed E-state index contributed by atoms with van der Waals surface area (Å²) in [5, 5.41) is 2.86. The van der Waals surface area contributed by atoms with Crippen LogP contribution in [0.2, 0.25) is 0 Å². The first kappa shape index (κ1) is 17.7. The molecule has 1 aromatic carbocycles. The summed E-state index contributed by atoms with van der Waals surface area (Å²) in [5.74, 6) is 1.10. The van der Waals surface area contributed by atoms with Gasteiger partial charge in [0, 0.05) is 29.3 Å². The van der Waals surface area contributed by atoms with Crippen molar-refractivity contribution in [3.8, 4) is 5.75 Å². The summed E-state index contributed by atoms with van der Waals surface area (Å²) in [4.78, 5) is 28.4. The maximum absolute atomic E-state index is 12.1. The zero-order chi connectivity index (χ0) is 18.9. The molecule has 0 radical (unpaired) electrons. The zero-order valence-electron chi connectivity index (χ0n) is 15.2. The lowest BCUT2D eigenvalue weighted by Gasteiger charge is -2.18. The monoisotopic (exact) mass is 355 g/mol. The van der Waals surface area contributed by atoms with Gasteiger partial charge in [-0.2, -0.15) is 0 Å². The Morgan fingerprint density at radius 2 is 2.04 bits per heavy atom. The molecule has 7 nitrogen and oxygen atoms in total. The number of aromatic nitrogens is 2.